The molecule has 6 heteroatoms. The van der Waals surface area contributed by atoms with Gasteiger partial charge in [-0.2, -0.15) is 0 Å². The molecule has 0 amide bonds. The summed E-state index contributed by atoms with van der Waals surface area (Å²) in [6.45, 7) is 6.03. The number of hydrogen-bond donors (Lipinski definition) is 1. The third-order valence-electron chi connectivity index (χ3n) is 4.23. The number of rotatable bonds is 2. The van der Waals surface area contributed by atoms with Gasteiger partial charge in [-0.25, -0.2) is 4.79 Å². The molecule has 2 fully saturated rings. The molecule has 110 valence electrons. The van der Waals surface area contributed by atoms with Crippen LogP contribution in [0.5, 0.6) is 0 Å². The number of aliphatic hydroxyl groups excluding tert-OH is 1. The van der Waals surface area contributed by atoms with Crippen LogP contribution in [0, 0.1) is 5.92 Å². The molecule has 0 saturated carbocycles. The smallest absolute Gasteiger partial charge is 0.337 e. The summed E-state index contributed by atoms with van der Waals surface area (Å²) in [6.07, 6.45) is -0.556. The first kappa shape index (κ1) is 15.5. The molecule has 0 bridgehead atoms. The van der Waals surface area contributed by atoms with Crippen LogP contribution in [0.2, 0.25) is 0 Å². The standard InChI is InChI=1S/C13H22O4S2/c1-8-9(2)17-12(3,10(14)11(15)16-4)7-13(8)18-5-6-19-13/h8-10,14H,5-7H2,1-4H3/t8-,9+,10+,12+/m0/s1. The van der Waals surface area contributed by atoms with E-state index in [1.165, 1.54) is 7.11 Å². The van der Waals surface area contributed by atoms with E-state index in [0.29, 0.717) is 12.3 Å². The van der Waals surface area contributed by atoms with Crippen LogP contribution in [0.1, 0.15) is 27.2 Å². The second kappa shape index (κ2) is 5.47. The Bertz CT molecular complexity index is 357. The largest absolute Gasteiger partial charge is 0.467 e. The molecule has 0 aliphatic carbocycles. The molecule has 1 spiro atoms. The molecule has 0 radical (unpaired) electrons. The van der Waals surface area contributed by atoms with Gasteiger partial charge in [0.05, 0.1) is 17.3 Å². The molecule has 2 aliphatic rings. The van der Waals surface area contributed by atoms with E-state index in [0.717, 1.165) is 11.5 Å². The van der Waals surface area contributed by atoms with Crippen molar-refractivity contribution in [2.45, 2.75) is 49.1 Å². The lowest BCUT2D eigenvalue weighted by Crippen LogP contribution is -2.59. The Morgan fingerprint density at radius 1 is 1.42 bits per heavy atom. The van der Waals surface area contributed by atoms with Gasteiger partial charge in [-0.3, -0.25) is 0 Å². The molecule has 0 aromatic rings. The Kier molecular flexibility index (Phi) is 4.45. The zero-order chi connectivity index (χ0) is 14.3. The van der Waals surface area contributed by atoms with Gasteiger partial charge in [0.15, 0.2) is 6.10 Å². The van der Waals surface area contributed by atoms with Crippen molar-refractivity contribution >= 4 is 29.5 Å². The van der Waals surface area contributed by atoms with E-state index < -0.39 is 17.7 Å². The number of thioether (sulfide) groups is 2. The molecule has 4 atom stereocenters. The Labute approximate surface area is 123 Å². The van der Waals surface area contributed by atoms with Gasteiger partial charge >= 0.3 is 5.97 Å². The molecule has 4 nitrogen and oxygen atoms in total. The van der Waals surface area contributed by atoms with Crippen molar-refractivity contribution in [1.29, 1.82) is 0 Å². The monoisotopic (exact) mass is 306 g/mol. The molecule has 2 rings (SSSR count). The molecule has 19 heavy (non-hydrogen) atoms. The van der Waals surface area contributed by atoms with Gasteiger partial charge in [-0.1, -0.05) is 6.92 Å². The average molecular weight is 306 g/mol. The van der Waals surface area contributed by atoms with Crippen LogP contribution >= 0.6 is 23.5 Å². The van der Waals surface area contributed by atoms with Crippen LogP contribution in [-0.2, 0) is 14.3 Å². The summed E-state index contributed by atoms with van der Waals surface area (Å²) in [5, 5.41) is 10.2. The van der Waals surface area contributed by atoms with Gasteiger partial charge in [0, 0.05) is 23.8 Å². The van der Waals surface area contributed by atoms with Crippen LogP contribution in [0.4, 0.5) is 0 Å². The van der Waals surface area contributed by atoms with Gasteiger partial charge in [0.25, 0.3) is 0 Å². The highest BCUT2D eigenvalue weighted by Crippen LogP contribution is 2.58. The minimum atomic E-state index is -1.23. The second-order valence-corrected chi connectivity index (χ2v) is 8.64. The normalized spacial score (nSPS) is 39.2. The van der Waals surface area contributed by atoms with E-state index in [1.54, 1.807) is 0 Å². The fourth-order valence-electron chi connectivity index (χ4n) is 2.93. The van der Waals surface area contributed by atoms with E-state index in [9.17, 15) is 9.90 Å². The Balaban J connectivity index is 2.25. The maximum atomic E-state index is 11.6. The van der Waals surface area contributed by atoms with Crippen LogP contribution in [0.15, 0.2) is 0 Å². The molecular formula is C13H22O4S2. The highest BCUT2D eigenvalue weighted by Gasteiger charge is 2.56. The predicted octanol–water partition coefficient (Wildman–Crippen LogP) is 1.90. The first-order valence-corrected chi connectivity index (χ1v) is 8.53. The maximum absolute atomic E-state index is 11.6. The van der Waals surface area contributed by atoms with Gasteiger partial charge in [-0.15, -0.1) is 23.5 Å². The average Bonchev–Trinajstić information content (AvgIpc) is 2.83. The summed E-state index contributed by atoms with van der Waals surface area (Å²) in [4.78, 5) is 11.6. The zero-order valence-corrected chi connectivity index (χ0v) is 13.5. The van der Waals surface area contributed by atoms with Crippen LogP contribution in [-0.4, -0.2) is 51.6 Å². The highest BCUT2D eigenvalue weighted by atomic mass is 32.2. The lowest BCUT2D eigenvalue weighted by Gasteiger charge is -2.51. The lowest BCUT2D eigenvalue weighted by atomic mass is 9.83. The third kappa shape index (κ3) is 2.64. The zero-order valence-electron chi connectivity index (χ0n) is 11.8. The van der Waals surface area contributed by atoms with E-state index in [4.69, 9.17) is 4.74 Å². The first-order chi connectivity index (χ1) is 8.84. The molecule has 0 unspecified atom stereocenters. The predicted molar refractivity (Wildman–Crippen MR) is 78.4 cm³/mol. The third-order valence-corrected chi connectivity index (χ3v) is 8.02. The minimum Gasteiger partial charge on any atom is -0.467 e. The molecule has 2 heterocycles. The van der Waals surface area contributed by atoms with Crippen molar-refractivity contribution in [2.24, 2.45) is 5.92 Å². The SMILES string of the molecule is COC(=O)[C@@H](O)[C@@]1(C)CC2(SCCS2)[C@@H](C)[C@@H](C)O1. The summed E-state index contributed by atoms with van der Waals surface area (Å²) in [6, 6.07) is 0. The fourth-order valence-corrected chi connectivity index (χ4v) is 6.81. The maximum Gasteiger partial charge on any atom is 0.337 e. The van der Waals surface area contributed by atoms with Crippen molar-refractivity contribution < 1.29 is 19.4 Å². The van der Waals surface area contributed by atoms with Gasteiger partial charge < -0.3 is 14.6 Å². The number of aliphatic hydroxyl groups is 1. The Morgan fingerprint density at radius 3 is 2.53 bits per heavy atom. The van der Waals surface area contributed by atoms with E-state index in [-0.39, 0.29) is 10.2 Å². The molecule has 2 aliphatic heterocycles. The molecule has 0 aromatic carbocycles. The summed E-state index contributed by atoms with van der Waals surface area (Å²) >= 11 is 3.87. The van der Waals surface area contributed by atoms with E-state index in [1.807, 2.05) is 37.4 Å². The van der Waals surface area contributed by atoms with Crippen LogP contribution in [0.3, 0.4) is 0 Å². The van der Waals surface area contributed by atoms with Crippen molar-refractivity contribution in [2.75, 3.05) is 18.6 Å². The van der Waals surface area contributed by atoms with Crippen LogP contribution < -0.4 is 0 Å². The fraction of sp³-hybridized carbons (Fsp3) is 0.923. The van der Waals surface area contributed by atoms with Gasteiger partial charge in [0.1, 0.15) is 5.60 Å². The van der Waals surface area contributed by atoms with Crippen molar-refractivity contribution in [1.82, 2.24) is 0 Å². The summed E-state index contributed by atoms with van der Waals surface area (Å²) in [5.41, 5.74) is -0.872. The quantitative estimate of drug-likeness (QED) is 0.787. The number of methoxy groups -OCH3 is 1. The summed E-state index contributed by atoms with van der Waals surface area (Å²) < 4.78 is 10.7. The van der Waals surface area contributed by atoms with E-state index in [2.05, 4.69) is 11.7 Å². The highest BCUT2D eigenvalue weighted by molar-refractivity contribution is 8.21. The Hall–Kier alpha value is 0.0900. The molecule has 2 saturated heterocycles. The molecular weight excluding hydrogens is 284 g/mol. The lowest BCUT2D eigenvalue weighted by molar-refractivity contribution is -0.200. The summed E-state index contributed by atoms with van der Waals surface area (Å²) in [7, 11) is 1.29. The second-order valence-electron chi connectivity index (χ2n) is 5.54. The minimum absolute atomic E-state index is 0.0103. The Morgan fingerprint density at radius 2 is 2.00 bits per heavy atom. The van der Waals surface area contributed by atoms with Crippen molar-refractivity contribution in [3.63, 3.8) is 0 Å². The van der Waals surface area contributed by atoms with Crippen molar-refractivity contribution in [3.8, 4) is 0 Å². The number of hydrogen-bond acceptors (Lipinski definition) is 6. The topological polar surface area (TPSA) is 55.8 Å². The number of esters is 1. The first-order valence-electron chi connectivity index (χ1n) is 6.56. The summed E-state index contributed by atoms with van der Waals surface area (Å²) in [5.74, 6) is 2.01. The van der Waals surface area contributed by atoms with Gasteiger partial charge in [-0.05, 0) is 13.8 Å². The molecule has 1 N–H and O–H groups in total. The number of ether oxygens (including phenoxy) is 2. The number of carbonyl (C=O) groups excluding carboxylic acids is 1. The van der Waals surface area contributed by atoms with E-state index >= 15 is 0 Å². The van der Waals surface area contributed by atoms with Crippen LogP contribution in [0.25, 0.3) is 0 Å². The molecule has 0 aromatic heterocycles. The number of carbonyl (C=O) groups is 1. The van der Waals surface area contributed by atoms with Crippen molar-refractivity contribution in [3.05, 3.63) is 0 Å². The van der Waals surface area contributed by atoms with Gasteiger partial charge in [0.2, 0.25) is 0 Å².